The topological polar surface area (TPSA) is 22.1 Å². The Labute approximate surface area is 159 Å². The Morgan fingerprint density at radius 1 is 1.04 bits per heavy atom. The third-order valence-corrected chi connectivity index (χ3v) is 4.78. The Hall–Kier alpha value is -1.87. The van der Waals surface area contributed by atoms with Crippen LogP contribution >= 0.6 is 15.9 Å². The molecule has 1 heterocycles. The minimum atomic E-state index is 0.882. The van der Waals surface area contributed by atoms with E-state index >= 15 is 0 Å². The molecule has 3 heteroatoms. The lowest BCUT2D eigenvalue weighted by molar-refractivity contribution is 0.414. The minimum Gasteiger partial charge on any atom is -0.494 e. The van der Waals surface area contributed by atoms with E-state index in [0.717, 1.165) is 34.0 Å². The lowest BCUT2D eigenvalue weighted by atomic mass is 10.0. The summed E-state index contributed by atoms with van der Waals surface area (Å²) in [5.74, 6) is 0.882. The van der Waals surface area contributed by atoms with Gasteiger partial charge in [-0.3, -0.25) is 4.98 Å². The summed E-state index contributed by atoms with van der Waals surface area (Å²) >= 11 is 3.69. The Balaban J connectivity index is 0.00000109. The van der Waals surface area contributed by atoms with Gasteiger partial charge in [-0.1, -0.05) is 66.5 Å². The van der Waals surface area contributed by atoms with E-state index in [1.54, 1.807) is 7.11 Å². The molecule has 0 fully saturated rings. The number of aryl methyl sites for hydroxylation is 2. The fraction of sp³-hybridized carbons (Fsp3) is 0.318. The van der Waals surface area contributed by atoms with Gasteiger partial charge in [-0.2, -0.15) is 0 Å². The molecule has 0 radical (unpaired) electrons. The van der Waals surface area contributed by atoms with Crippen LogP contribution in [0.5, 0.6) is 5.75 Å². The van der Waals surface area contributed by atoms with Crippen LogP contribution in [0.4, 0.5) is 0 Å². The fourth-order valence-corrected chi connectivity index (χ4v) is 3.43. The van der Waals surface area contributed by atoms with Crippen molar-refractivity contribution in [3.63, 3.8) is 0 Å². The molecular formula is C22H26BrNO. The highest BCUT2D eigenvalue weighted by atomic mass is 79.9. The second-order valence-electron chi connectivity index (χ2n) is 5.81. The number of hydrogen-bond acceptors (Lipinski definition) is 2. The molecule has 3 aromatic rings. The largest absolute Gasteiger partial charge is 0.494 e. The summed E-state index contributed by atoms with van der Waals surface area (Å²) in [5.41, 5.74) is 5.88. The van der Waals surface area contributed by atoms with Gasteiger partial charge in [0.05, 0.1) is 7.11 Å². The first-order valence-electron chi connectivity index (χ1n) is 8.82. The van der Waals surface area contributed by atoms with E-state index in [-0.39, 0.29) is 0 Å². The van der Waals surface area contributed by atoms with Crippen LogP contribution in [0.1, 0.15) is 43.0 Å². The van der Waals surface area contributed by atoms with Crippen molar-refractivity contribution in [2.45, 2.75) is 40.5 Å². The Bertz CT molecular complexity index is 841. The third-order valence-electron chi connectivity index (χ3n) is 4.12. The summed E-state index contributed by atoms with van der Waals surface area (Å²) in [6, 6.07) is 13.0. The Morgan fingerprint density at radius 2 is 1.72 bits per heavy atom. The van der Waals surface area contributed by atoms with Crippen LogP contribution in [0.3, 0.4) is 0 Å². The zero-order valence-electron chi connectivity index (χ0n) is 15.7. The van der Waals surface area contributed by atoms with E-state index in [1.165, 1.54) is 22.3 Å². The van der Waals surface area contributed by atoms with Crippen molar-refractivity contribution < 1.29 is 4.74 Å². The second kappa shape index (κ2) is 9.00. The van der Waals surface area contributed by atoms with E-state index in [9.17, 15) is 0 Å². The molecule has 132 valence electrons. The SMILES string of the molecule is CC.CCc1cc(Br)c2cc(Cc3ccc(C)cc3)cnc2c1OC. The van der Waals surface area contributed by atoms with E-state index in [2.05, 4.69) is 71.2 Å². The molecule has 0 aliphatic heterocycles. The van der Waals surface area contributed by atoms with Crippen molar-refractivity contribution in [2.75, 3.05) is 7.11 Å². The van der Waals surface area contributed by atoms with Crippen molar-refractivity contribution in [3.8, 4) is 5.75 Å². The molecule has 2 aromatic carbocycles. The summed E-state index contributed by atoms with van der Waals surface area (Å²) in [7, 11) is 1.71. The highest BCUT2D eigenvalue weighted by molar-refractivity contribution is 9.10. The molecular weight excluding hydrogens is 374 g/mol. The van der Waals surface area contributed by atoms with Crippen LogP contribution in [-0.2, 0) is 12.8 Å². The molecule has 0 saturated carbocycles. The quantitative estimate of drug-likeness (QED) is 0.499. The number of hydrogen-bond donors (Lipinski definition) is 0. The first kappa shape index (κ1) is 19.5. The zero-order valence-corrected chi connectivity index (χ0v) is 17.3. The molecule has 2 nitrogen and oxygen atoms in total. The molecule has 0 aliphatic rings. The van der Waals surface area contributed by atoms with Crippen LogP contribution in [0.15, 0.2) is 47.1 Å². The molecule has 0 atom stereocenters. The van der Waals surface area contributed by atoms with Gasteiger partial charge >= 0.3 is 0 Å². The van der Waals surface area contributed by atoms with Crippen LogP contribution < -0.4 is 4.74 Å². The first-order valence-corrected chi connectivity index (χ1v) is 9.61. The van der Waals surface area contributed by atoms with E-state index < -0.39 is 0 Å². The fourth-order valence-electron chi connectivity index (χ4n) is 2.85. The smallest absolute Gasteiger partial charge is 0.148 e. The Morgan fingerprint density at radius 3 is 2.32 bits per heavy atom. The van der Waals surface area contributed by atoms with Crippen LogP contribution in [0, 0.1) is 6.92 Å². The van der Waals surface area contributed by atoms with Crippen molar-refractivity contribution in [2.24, 2.45) is 0 Å². The highest BCUT2D eigenvalue weighted by Crippen LogP contribution is 2.35. The van der Waals surface area contributed by atoms with Gasteiger partial charge in [0, 0.05) is 16.1 Å². The third kappa shape index (κ3) is 4.40. The number of aromatic nitrogens is 1. The average molecular weight is 400 g/mol. The van der Waals surface area contributed by atoms with Gasteiger partial charge in [0.1, 0.15) is 11.3 Å². The molecule has 0 amide bonds. The number of ether oxygens (including phenoxy) is 1. The zero-order chi connectivity index (χ0) is 18.4. The summed E-state index contributed by atoms with van der Waals surface area (Å²) in [6.45, 7) is 8.23. The average Bonchev–Trinajstić information content (AvgIpc) is 2.65. The molecule has 0 saturated heterocycles. The molecule has 1 aromatic heterocycles. The molecule has 0 aliphatic carbocycles. The van der Waals surface area contributed by atoms with Crippen molar-refractivity contribution >= 4 is 26.8 Å². The predicted molar refractivity (Wildman–Crippen MR) is 111 cm³/mol. The van der Waals surface area contributed by atoms with Crippen LogP contribution in [0.2, 0.25) is 0 Å². The maximum absolute atomic E-state index is 5.59. The van der Waals surface area contributed by atoms with Gasteiger partial charge in [-0.25, -0.2) is 0 Å². The number of pyridine rings is 1. The predicted octanol–water partition coefficient (Wildman–Crippen LogP) is 6.49. The summed E-state index contributed by atoms with van der Waals surface area (Å²) in [6.07, 6.45) is 3.76. The number of benzene rings is 2. The normalized spacial score (nSPS) is 10.3. The summed E-state index contributed by atoms with van der Waals surface area (Å²) < 4.78 is 6.67. The van der Waals surface area contributed by atoms with E-state index in [0.29, 0.717) is 0 Å². The number of nitrogens with zero attached hydrogens (tertiary/aromatic N) is 1. The van der Waals surface area contributed by atoms with Crippen LogP contribution in [0.25, 0.3) is 10.9 Å². The number of rotatable bonds is 4. The van der Waals surface area contributed by atoms with Crippen molar-refractivity contribution in [3.05, 3.63) is 69.3 Å². The van der Waals surface area contributed by atoms with Gasteiger partial charge in [0.25, 0.3) is 0 Å². The van der Waals surface area contributed by atoms with Crippen molar-refractivity contribution in [1.82, 2.24) is 4.98 Å². The van der Waals surface area contributed by atoms with E-state index in [4.69, 9.17) is 4.74 Å². The lowest BCUT2D eigenvalue weighted by Crippen LogP contribution is -1.97. The molecule has 0 spiro atoms. The molecule has 3 rings (SSSR count). The first-order chi connectivity index (χ1) is 12.1. The molecule has 0 unspecified atom stereocenters. The lowest BCUT2D eigenvalue weighted by Gasteiger charge is -2.13. The number of halogens is 1. The second-order valence-corrected chi connectivity index (χ2v) is 6.66. The van der Waals surface area contributed by atoms with Gasteiger partial charge in [-0.05, 0) is 48.6 Å². The minimum absolute atomic E-state index is 0.882. The standard InChI is InChI=1S/C20H20BrNO.C2H6/c1-4-16-11-18(21)17-10-15(12-22-19(17)20(16)23-3)9-14-7-5-13(2)6-8-14;1-2/h5-8,10-12H,4,9H2,1-3H3;1-2H3. The van der Waals surface area contributed by atoms with Crippen LogP contribution in [-0.4, -0.2) is 12.1 Å². The van der Waals surface area contributed by atoms with Gasteiger partial charge in [0.15, 0.2) is 0 Å². The number of methoxy groups -OCH3 is 1. The summed E-state index contributed by atoms with van der Waals surface area (Å²) in [5, 5.41) is 1.10. The number of fused-ring (bicyclic) bond motifs is 1. The van der Waals surface area contributed by atoms with Gasteiger partial charge < -0.3 is 4.74 Å². The van der Waals surface area contributed by atoms with E-state index in [1.807, 2.05) is 20.0 Å². The van der Waals surface area contributed by atoms with Gasteiger partial charge in [0.2, 0.25) is 0 Å². The van der Waals surface area contributed by atoms with Crippen molar-refractivity contribution in [1.29, 1.82) is 0 Å². The molecule has 25 heavy (non-hydrogen) atoms. The maximum atomic E-state index is 5.59. The monoisotopic (exact) mass is 399 g/mol. The Kier molecular flexibility index (Phi) is 7.01. The molecule has 0 N–H and O–H groups in total. The molecule has 0 bridgehead atoms. The summed E-state index contributed by atoms with van der Waals surface area (Å²) in [4.78, 5) is 4.68. The van der Waals surface area contributed by atoms with Gasteiger partial charge in [-0.15, -0.1) is 0 Å². The maximum Gasteiger partial charge on any atom is 0.148 e. The highest BCUT2D eigenvalue weighted by Gasteiger charge is 2.12.